The van der Waals surface area contributed by atoms with Crippen molar-refractivity contribution in [3.63, 3.8) is 0 Å². The lowest BCUT2D eigenvalue weighted by Crippen LogP contribution is -2.22. The third-order valence-electron chi connectivity index (χ3n) is 6.95. The molecule has 1 aliphatic heterocycles. The number of unbranched alkanes of at least 4 members (excludes halogenated alkanes) is 9. The van der Waals surface area contributed by atoms with E-state index in [4.69, 9.17) is 23.7 Å². The Bertz CT molecular complexity index is 1010. The lowest BCUT2D eigenvalue weighted by atomic mass is 10.1. The fourth-order valence-electron chi connectivity index (χ4n) is 4.68. The van der Waals surface area contributed by atoms with Gasteiger partial charge in [-0.2, -0.15) is 0 Å². The monoisotopic (exact) mass is 554 g/mol. The maximum atomic E-state index is 12.5. The van der Waals surface area contributed by atoms with E-state index in [1.807, 2.05) is 0 Å². The van der Waals surface area contributed by atoms with Crippen LogP contribution in [0.25, 0.3) is 0 Å². The molecule has 1 fully saturated rings. The van der Waals surface area contributed by atoms with Gasteiger partial charge in [0.05, 0.1) is 12.2 Å². The van der Waals surface area contributed by atoms with Crippen LogP contribution in [-0.2, 0) is 14.3 Å². The highest BCUT2D eigenvalue weighted by Gasteiger charge is 2.13. The maximum Gasteiger partial charge on any atom is 0.343 e. The lowest BCUT2D eigenvalue weighted by Gasteiger charge is -2.22. The van der Waals surface area contributed by atoms with Gasteiger partial charge in [-0.1, -0.05) is 51.4 Å². The van der Waals surface area contributed by atoms with E-state index in [0.29, 0.717) is 29.2 Å². The Morgan fingerprint density at radius 2 is 1.40 bits per heavy atom. The Balaban J connectivity index is 1.17. The van der Waals surface area contributed by atoms with Gasteiger partial charge in [0.2, 0.25) is 0 Å². The van der Waals surface area contributed by atoms with Crippen LogP contribution in [0.4, 0.5) is 0 Å². The second-order valence-corrected chi connectivity index (χ2v) is 10.5. The molecular weight excluding hydrogens is 508 g/mol. The molecule has 1 saturated heterocycles. The molecular formula is C33H46O7. The summed E-state index contributed by atoms with van der Waals surface area (Å²) in [4.78, 5) is 23.6. The van der Waals surface area contributed by atoms with Gasteiger partial charge in [-0.15, -0.1) is 0 Å². The summed E-state index contributed by atoms with van der Waals surface area (Å²) < 4.78 is 27.8. The fourth-order valence-corrected chi connectivity index (χ4v) is 4.68. The van der Waals surface area contributed by atoms with Gasteiger partial charge in [-0.25, -0.2) is 4.79 Å². The highest BCUT2D eigenvalue weighted by molar-refractivity contribution is 5.91. The van der Waals surface area contributed by atoms with E-state index in [0.717, 1.165) is 38.2 Å². The lowest BCUT2D eigenvalue weighted by molar-refractivity contribution is -0.162. The van der Waals surface area contributed by atoms with Gasteiger partial charge in [-0.05, 0) is 87.1 Å². The van der Waals surface area contributed by atoms with Crippen LogP contribution in [0.5, 0.6) is 17.2 Å². The molecule has 0 radical (unpaired) electrons. The molecule has 0 spiro atoms. The van der Waals surface area contributed by atoms with Crippen LogP contribution in [0.1, 0.15) is 106 Å². The topological polar surface area (TPSA) is 80.3 Å². The quantitative estimate of drug-likeness (QED) is 0.105. The molecule has 2 aromatic carbocycles. The number of esters is 2. The van der Waals surface area contributed by atoms with Gasteiger partial charge in [-0.3, -0.25) is 4.79 Å². The molecule has 0 bridgehead atoms. The Morgan fingerprint density at radius 1 is 0.775 bits per heavy atom. The van der Waals surface area contributed by atoms with Crippen molar-refractivity contribution < 1.29 is 33.3 Å². The average Bonchev–Trinajstić information content (AvgIpc) is 2.95. The Kier molecular flexibility index (Phi) is 14.6. The summed E-state index contributed by atoms with van der Waals surface area (Å²) in [5, 5.41) is 0. The zero-order valence-corrected chi connectivity index (χ0v) is 24.3. The Morgan fingerprint density at radius 3 is 2.00 bits per heavy atom. The molecule has 0 saturated carbocycles. The van der Waals surface area contributed by atoms with E-state index >= 15 is 0 Å². The molecule has 1 atom stereocenters. The zero-order valence-electron chi connectivity index (χ0n) is 24.3. The predicted molar refractivity (Wildman–Crippen MR) is 155 cm³/mol. The van der Waals surface area contributed by atoms with Crippen LogP contribution in [0, 0.1) is 6.92 Å². The molecule has 0 amide bonds. The van der Waals surface area contributed by atoms with Crippen molar-refractivity contribution in [3.05, 3.63) is 53.6 Å². The molecule has 3 rings (SSSR count). The number of carbonyl (C=O) groups is 2. The number of carbonyl (C=O) groups excluding carboxylic acids is 2. The summed E-state index contributed by atoms with van der Waals surface area (Å²) in [6.07, 6.45) is 15.8. The number of aryl methyl sites for hydroxylation is 1. The number of benzene rings is 2. The van der Waals surface area contributed by atoms with Crippen LogP contribution >= 0.6 is 0 Å². The molecule has 1 unspecified atom stereocenters. The maximum absolute atomic E-state index is 12.5. The highest BCUT2D eigenvalue weighted by Crippen LogP contribution is 2.25. The minimum absolute atomic E-state index is 0.0490. The second-order valence-electron chi connectivity index (χ2n) is 10.5. The van der Waals surface area contributed by atoms with Gasteiger partial charge in [0.1, 0.15) is 17.2 Å². The minimum Gasteiger partial charge on any atom is -0.494 e. The van der Waals surface area contributed by atoms with Crippen molar-refractivity contribution >= 4 is 11.9 Å². The first-order valence-corrected chi connectivity index (χ1v) is 15.0. The SMILES string of the molecule is CC(=O)Oc1ccc(OC(=O)c2ccc(OCCCCCCCCCCCCOC3CCCCO3)cc2)c(C)c1. The first-order chi connectivity index (χ1) is 19.5. The largest absolute Gasteiger partial charge is 0.494 e. The van der Waals surface area contributed by atoms with Crippen molar-refractivity contribution in [2.75, 3.05) is 19.8 Å². The van der Waals surface area contributed by atoms with E-state index in [-0.39, 0.29) is 6.29 Å². The van der Waals surface area contributed by atoms with Crippen LogP contribution in [0.2, 0.25) is 0 Å². The number of rotatable bonds is 18. The van der Waals surface area contributed by atoms with E-state index < -0.39 is 11.9 Å². The van der Waals surface area contributed by atoms with Gasteiger partial charge in [0, 0.05) is 20.1 Å². The minimum atomic E-state index is -0.450. The fraction of sp³-hybridized carbons (Fsp3) is 0.576. The van der Waals surface area contributed by atoms with Crippen LogP contribution in [-0.4, -0.2) is 38.0 Å². The zero-order chi connectivity index (χ0) is 28.4. The molecule has 1 heterocycles. The van der Waals surface area contributed by atoms with Crippen molar-refractivity contribution in [1.82, 2.24) is 0 Å². The molecule has 0 N–H and O–H groups in total. The van der Waals surface area contributed by atoms with Crippen molar-refractivity contribution in [1.29, 1.82) is 0 Å². The van der Waals surface area contributed by atoms with Crippen molar-refractivity contribution in [2.24, 2.45) is 0 Å². The van der Waals surface area contributed by atoms with E-state index in [1.54, 1.807) is 49.4 Å². The number of hydrogen-bond donors (Lipinski definition) is 0. The molecule has 0 aromatic heterocycles. The molecule has 0 aliphatic carbocycles. The predicted octanol–water partition coefficient (Wildman–Crippen LogP) is 7.96. The molecule has 7 heteroatoms. The van der Waals surface area contributed by atoms with Gasteiger partial charge >= 0.3 is 11.9 Å². The summed E-state index contributed by atoms with van der Waals surface area (Å²) in [6, 6.07) is 11.9. The molecule has 40 heavy (non-hydrogen) atoms. The number of ether oxygens (including phenoxy) is 5. The van der Waals surface area contributed by atoms with Crippen LogP contribution in [0.15, 0.2) is 42.5 Å². The Hall–Kier alpha value is -2.90. The Labute approximate surface area is 239 Å². The molecule has 2 aromatic rings. The van der Waals surface area contributed by atoms with Crippen LogP contribution in [0.3, 0.4) is 0 Å². The summed E-state index contributed by atoms with van der Waals surface area (Å²) in [6.45, 7) is 5.49. The summed E-state index contributed by atoms with van der Waals surface area (Å²) in [5.41, 5.74) is 1.15. The molecule has 7 nitrogen and oxygen atoms in total. The van der Waals surface area contributed by atoms with E-state index in [9.17, 15) is 9.59 Å². The normalized spacial score (nSPS) is 15.0. The van der Waals surface area contributed by atoms with Gasteiger partial charge < -0.3 is 23.7 Å². The third kappa shape index (κ3) is 12.5. The molecule has 220 valence electrons. The second kappa shape index (κ2) is 18.4. The van der Waals surface area contributed by atoms with E-state index in [1.165, 1.54) is 71.1 Å². The van der Waals surface area contributed by atoms with Crippen molar-refractivity contribution in [2.45, 2.75) is 104 Å². The first kappa shape index (κ1) is 31.6. The van der Waals surface area contributed by atoms with Gasteiger partial charge in [0.15, 0.2) is 6.29 Å². The third-order valence-corrected chi connectivity index (χ3v) is 6.95. The van der Waals surface area contributed by atoms with E-state index in [2.05, 4.69) is 0 Å². The number of hydrogen-bond acceptors (Lipinski definition) is 7. The summed E-state index contributed by atoms with van der Waals surface area (Å²) >= 11 is 0. The van der Waals surface area contributed by atoms with Gasteiger partial charge in [0.25, 0.3) is 0 Å². The average molecular weight is 555 g/mol. The first-order valence-electron chi connectivity index (χ1n) is 15.0. The smallest absolute Gasteiger partial charge is 0.343 e. The summed E-state index contributed by atoms with van der Waals surface area (Å²) in [7, 11) is 0. The highest BCUT2D eigenvalue weighted by atomic mass is 16.7. The standard InChI is InChI=1S/C33H46O7/c1-26-25-30(39-27(2)34)20-21-31(26)40-33(35)28-16-18-29(19-17-28)36-22-12-9-7-5-3-4-6-8-10-13-23-37-32-15-11-14-24-38-32/h16-21,25,32H,3-15,22-24H2,1-2H3. The van der Waals surface area contributed by atoms with Crippen molar-refractivity contribution in [3.8, 4) is 17.2 Å². The summed E-state index contributed by atoms with van der Waals surface area (Å²) in [5.74, 6) is 0.738. The molecule has 1 aliphatic rings. The van der Waals surface area contributed by atoms with Crippen LogP contribution < -0.4 is 14.2 Å².